The summed E-state index contributed by atoms with van der Waals surface area (Å²) in [5.74, 6) is 1.14. The van der Waals surface area contributed by atoms with Crippen molar-refractivity contribution in [3.8, 4) is 11.6 Å². The monoisotopic (exact) mass is 288 g/mol. The largest absolute Gasteiger partial charge is 0.420 e. The maximum absolute atomic E-state index is 12.4. The second-order valence-corrected chi connectivity index (χ2v) is 5.44. The molecule has 3 heterocycles. The molecule has 0 N–H and O–H groups in total. The van der Waals surface area contributed by atoms with Gasteiger partial charge >= 0.3 is 0 Å². The quantitative estimate of drug-likeness (QED) is 0.869. The topological polar surface area (TPSA) is 64.2 Å². The average Bonchev–Trinajstić information content (AvgIpc) is 2.99. The lowest BCUT2D eigenvalue weighted by Crippen LogP contribution is -2.34. The summed E-state index contributed by atoms with van der Waals surface area (Å²) in [7, 11) is 0. The van der Waals surface area contributed by atoms with Gasteiger partial charge in [-0.05, 0) is 25.0 Å². The molecule has 3 rings (SSSR count). The van der Waals surface area contributed by atoms with E-state index in [0.717, 1.165) is 31.6 Å². The lowest BCUT2D eigenvalue weighted by atomic mass is 10.2. The third-order valence-electron chi connectivity index (χ3n) is 3.84. The molecule has 0 spiro atoms. The maximum Gasteiger partial charge on any atom is 0.264 e. The average molecular weight is 288 g/mol. The van der Waals surface area contributed by atoms with E-state index < -0.39 is 0 Å². The molecule has 0 radical (unpaired) electrons. The Morgan fingerprint density at radius 1 is 1.24 bits per heavy atom. The first kappa shape index (κ1) is 13.9. The standard InChI is InChI=1S/C15H20N4O2/c1-12-16-17-15(21-12)13-7-6-10-19(13)11-14(20)18-8-4-2-3-5-9-18/h6-7,10H,2-5,8-9,11H2,1H3. The van der Waals surface area contributed by atoms with Crippen LogP contribution < -0.4 is 0 Å². The molecule has 6 nitrogen and oxygen atoms in total. The molecule has 1 saturated heterocycles. The smallest absolute Gasteiger partial charge is 0.264 e. The van der Waals surface area contributed by atoms with Crippen LogP contribution in [0.1, 0.15) is 31.6 Å². The van der Waals surface area contributed by atoms with Gasteiger partial charge in [-0.15, -0.1) is 10.2 Å². The van der Waals surface area contributed by atoms with E-state index in [1.165, 1.54) is 12.8 Å². The van der Waals surface area contributed by atoms with Gasteiger partial charge in [0.15, 0.2) is 0 Å². The molecule has 1 fully saturated rings. The highest BCUT2D eigenvalue weighted by atomic mass is 16.4. The molecule has 0 saturated carbocycles. The first-order valence-electron chi connectivity index (χ1n) is 7.47. The van der Waals surface area contributed by atoms with Gasteiger partial charge in [-0.2, -0.15) is 0 Å². The number of amides is 1. The highest BCUT2D eigenvalue weighted by Crippen LogP contribution is 2.19. The van der Waals surface area contributed by atoms with Crippen molar-refractivity contribution in [2.75, 3.05) is 13.1 Å². The van der Waals surface area contributed by atoms with E-state index in [9.17, 15) is 4.79 Å². The van der Waals surface area contributed by atoms with E-state index in [4.69, 9.17) is 4.42 Å². The number of hydrogen-bond donors (Lipinski definition) is 0. The molecule has 21 heavy (non-hydrogen) atoms. The number of carbonyl (C=O) groups excluding carboxylic acids is 1. The van der Waals surface area contributed by atoms with E-state index in [1.807, 2.05) is 27.8 Å². The molecule has 0 bridgehead atoms. The molecule has 0 atom stereocenters. The minimum Gasteiger partial charge on any atom is -0.420 e. The Balaban J connectivity index is 1.73. The van der Waals surface area contributed by atoms with Gasteiger partial charge < -0.3 is 13.9 Å². The van der Waals surface area contributed by atoms with Gasteiger partial charge in [0.05, 0.1) is 0 Å². The van der Waals surface area contributed by atoms with Crippen molar-refractivity contribution in [1.82, 2.24) is 19.7 Å². The third kappa shape index (κ3) is 3.15. The van der Waals surface area contributed by atoms with Gasteiger partial charge in [0.2, 0.25) is 11.8 Å². The molecule has 0 aliphatic carbocycles. The number of hydrogen-bond acceptors (Lipinski definition) is 4. The van der Waals surface area contributed by atoms with Gasteiger partial charge in [-0.1, -0.05) is 12.8 Å². The van der Waals surface area contributed by atoms with Crippen molar-refractivity contribution in [3.05, 3.63) is 24.2 Å². The number of carbonyl (C=O) groups is 1. The first-order valence-corrected chi connectivity index (χ1v) is 7.47. The fourth-order valence-electron chi connectivity index (χ4n) is 2.71. The summed E-state index contributed by atoms with van der Waals surface area (Å²) in [4.78, 5) is 14.4. The van der Waals surface area contributed by atoms with E-state index in [0.29, 0.717) is 18.3 Å². The van der Waals surface area contributed by atoms with Gasteiger partial charge in [0.25, 0.3) is 5.89 Å². The summed E-state index contributed by atoms with van der Waals surface area (Å²) in [6.07, 6.45) is 6.53. The van der Waals surface area contributed by atoms with Crippen molar-refractivity contribution in [2.45, 2.75) is 39.2 Å². The molecule has 2 aromatic heterocycles. The number of aryl methyl sites for hydroxylation is 1. The van der Waals surface area contributed by atoms with Crippen LogP contribution in [0.25, 0.3) is 11.6 Å². The number of aromatic nitrogens is 3. The van der Waals surface area contributed by atoms with Crippen LogP contribution in [0.4, 0.5) is 0 Å². The van der Waals surface area contributed by atoms with Crippen LogP contribution in [-0.2, 0) is 11.3 Å². The van der Waals surface area contributed by atoms with Gasteiger partial charge in [0, 0.05) is 26.2 Å². The van der Waals surface area contributed by atoms with Crippen molar-refractivity contribution in [1.29, 1.82) is 0 Å². The summed E-state index contributed by atoms with van der Waals surface area (Å²) in [6.45, 7) is 3.82. The summed E-state index contributed by atoms with van der Waals surface area (Å²) in [5.41, 5.74) is 0.791. The fraction of sp³-hybridized carbons (Fsp3) is 0.533. The molecular weight excluding hydrogens is 268 g/mol. The maximum atomic E-state index is 12.4. The Bertz CT molecular complexity index is 609. The zero-order chi connectivity index (χ0) is 14.7. The van der Waals surface area contributed by atoms with Crippen LogP contribution in [0.3, 0.4) is 0 Å². The molecule has 2 aromatic rings. The summed E-state index contributed by atoms with van der Waals surface area (Å²) >= 11 is 0. The Hall–Kier alpha value is -2.11. The summed E-state index contributed by atoms with van der Waals surface area (Å²) in [6, 6.07) is 3.78. The number of likely N-dealkylation sites (tertiary alicyclic amines) is 1. The molecule has 6 heteroatoms. The molecule has 112 valence electrons. The van der Waals surface area contributed by atoms with Crippen molar-refractivity contribution in [3.63, 3.8) is 0 Å². The van der Waals surface area contributed by atoms with Crippen molar-refractivity contribution >= 4 is 5.91 Å². The molecule has 0 aromatic carbocycles. The van der Waals surface area contributed by atoms with E-state index in [-0.39, 0.29) is 5.91 Å². The first-order chi connectivity index (χ1) is 10.2. The van der Waals surface area contributed by atoms with Crippen LogP contribution in [0.5, 0.6) is 0 Å². The molecule has 1 aliphatic rings. The number of rotatable bonds is 3. The minimum absolute atomic E-state index is 0.158. The lowest BCUT2D eigenvalue weighted by Gasteiger charge is -2.21. The number of nitrogens with zero attached hydrogens (tertiary/aromatic N) is 4. The van der Waals surface area contributed by atoms with Crippen molar-refractivity contribution in [2.24, 2.45) is 0 Å². The molecular formula is C15H20N4O2. The summed E-state index contributed by atoms with van der Waals surface area (Å²) < 4.78 is 7.32. The zero-order valence-corrected chi connectivity index (χ0v) is 12.3. The zero-order valence-electron chi connectivity index (χ0n) is 12.3. The van der Waals surface area contributed by atoms with Crippen LogP contribution in [0.15, 0.2) is 22.7 Å². The van der Waals surface area contributed by atoms with E-state index in [1.54, 1.807) is 6.92 Å². The molecule has 1 aliphatic heterocycles. The molecule has 1 amide bonds. The van der Waals surface area contributed by atoms with Gasteiger partial charge in [-0.3, -0.25) is 4.79 Å². The Morgan fingerprint density at radius 2 is 2.00 bits per heavy atom. The SMILES string of the molecule is Cc1nnc(-c2cccn2CC(=O)N2CCCCCC2)o1. The Labute approximate surface area is 123 Å². The Morgan fingerprint density at radius 3 is 2.67 bits per heavy atom. The minimum atomic E-state index is 0.158. The highest BCUT2D eigenvalue weighted by molar-refractivity contribution is 5.76. The predicted molar refractivity (Wildman–Crippen MR) is 77.5 cm³/mol. The summed E-state index contributed by atoms with van der Waals surface area (Å²) in [5, 5.41) is 7.86. The van der Waals surface area contributed by atoms with Crippen LogP contribution in [0, 0.1) is 6.92 Å². The van der Waals surface area contributed by atoms with Crippen molar-refractivity contribution < 1.29 is 9.21 Å². The second-order valence-electron chi connectivity index (χ2n) is 5.44. The second kappa shape index (κ2) is 6.11. The molecule has 0 unspecified atom stereocenters. The Kier molecular flexibility index (Phi) is 4.03. The predicted octanol–water partition coefficient (Wildman–Crippen LogP) is 2.25. The normalized spacial score (nSPS) is 16.0. The third-order valence-corrected chi connectivity index (χ3v) is 3.84. The van der Waals surface area contributed by atoms with E-state index in [2.05, 4.69) is 10.2 Å². The van der Waals surface area contributed by atoms with Gasteiger partial charge in [0.1, 0.15) is 12.2 Å². The highest BCUT2D eigenvalue weighted by Gasteiger charge is 2.18. The van der Waals surface area contributed by atoms with Gasteiger partial charge in [-0.25, -0.2) is 0 Å². The van der Waals surface area contributed by atoms with Crippen LogP contribution in [-0.4, -0.2) is 38.7 Å². The lowest BCUT2D eigenvalue weighted by molar-refractivity contribution is -0.131. The van der Waals surface area contributed by atoms with E-state index >= 15 is 0 Å². The van der Waals surface area contributed by atoms with Crippen LogP contribution >= 0.6 is 0 Å². The van der Waals surface area contributed by atoms with Crippen LogP contribution in [0.2, 0.25) is 0 Å². The fourth-order valence-corrected chi connectivity index (χ4v) is 2.71.